The highest BCUT2D eigenvalue weighted by Gasteiger charge is 2.28. The average Bonchev–Trinajstić information content (AvgIpc) is 3.03. The maximum Gasteiger partial charge on any atom is 0.225 e. The van der Waals surface area contributed by atoms with Gasteiger partial charge in [0.15, 0.2) is 0 Å². The van der Waals surface area contributed by atoms with E-state index in [4.69, 9.17) is 5.10 Å². The van der Waals surface area contributed by atoms with Gasteiger partial charge in [-0.25, -0.2) is 9.07 Å². The lowest BCUT2D eigenvalue weighted by Crippen LogP contribution is -2.35. The van der Waals surface area contributed by atoms with Crippen LogP contribution in [0, 0.1) is 11.7 Å². The molecular weight excluding hydrogens is 355 g/mol. The van der Waals surface area contributed by atoms with Crippen LogP contribution in [0.3, 0.4) is 0 Å². The first-order chi connectivity index (χ1) is 13.5. The van der Waals surface area contributed by atoms with Gasteiger partial charge in [0.25, 0.3) is 0 Å². The van der Waals surface area contributed by atoms with Gasteiger partial charge in [0, 0.05) is 37.5 Å². The molecule has 3 rings (SSSR count). The minimum atomic E-state index is -0.277. The molecule has 0 aliphatic carbocycles. The SMILES string of the molecule is CCCN1CCc2c(c(CN(CC)C(=O)C(C)C)nn2-c2ccccc2F)C1. The molecule has 1 aliphatic rings. The first kappa shape index (κ1) is 20.5. The van der Waals surface area contributed by atoms with Crippen LogP contribution >= 0.6 is 0 Å². The van der Waals surface area contributed by atoms with Crippen molar-refractivity contribution in [2.45, 2.75) is 53.6 Å². The second kappa shape index (κ2) is 8.86. The normalized spacial score (nSPS) is 14.4. The maximum absolute atomic E-state index is 14.5. The van der Waals surface area contributed by atoms with Crippen molar-refractivity contribution >= 4 is 5.91 Å². The van der Waals surface area contributed by atoms with Crippen LogP contribution in [0.4, 0.5) is 4.39 Å². The topological polar surface area (TPSA) is 41.4 Å². The molecule has 0 spiro atoms. The Kier molecular flexibility index (Phi) is 6.50. The van der Waals surface area contributed by atoms with Crippen LogP contribution in [0.2, 0.25) is 0 Å². The number of halogens is 1. The zero-order valence-electron chi connectivity index (χ0n) is 17.4. The van der Waals surface area contributed by atoms with Crippen molar-refractivity contribution < 1.29 is 9.18 Å². The number of fused-ring (bicyclic) bond motifs is 1. The molecule has 0 atom stereocenters. The van der Waals surface area contributed by atoms with Crippen molar-refractivity contribution in [3.63, 3.8) is 0 Å². The van der Waals surface area contributed by atoms with Gasteiger partial charge in [-0.3, -0.25) is 9.69 Å². The monoisotopic (exact) mass is 386 g/mol. The summed E-state index contributed by atoms with van der Waals surface area (Å²) in [6.07, 6.45) is 1.93. The standard InChI is InChI=1S/C22H31FN4O/c1-5-12-25-13-11-20-17(14-25)19(15-26(6-2)22(28)16(3)4)24-27(20)21-10-8-7-9-18(21)23/h7-10,16H,5-6,11-15H2,1-4H3. The molecule has 1 aliphatic heterocycles. The Morgan fingerprint density at radius 2 is 2.04 bits per heavy atom. The first-order valence-electron chi connectivity index (χ1n) is 10.3. The first-order valence-corrected chi connectivity index (χ1v) is 10.3. The quantitative estimate of drug-likeness (QED) is 0.727. The number of carbonyl (C=O) groups excluding carboxylic acids is 1. The number of amides is 1. The van der Waals surface area contributed by atoms with E-state index in [1.165, 1.54) is 6.07 Å². The smallest absolute Gasteiger partial charge is 0.225 e. The summed E-state index contributed by atoms with van der Waals surface area (Å²) < 4.78 is 16.2. The van der Waals surface area contributed by atoms with Crippen LogP contribution in [-0.2, 0) is 24.3 Å². The van der Waals surface area contributed by atoms with Gasteiger partial charge < -0.3 is 4.90 Å². The maximum atomic E-state index is 14.5. The number of rotatable bonds is 7. The molecule has 0 fully saturated rings. The lowest BCUT2D eigenvalue weighted by Gasteiger charge is -2.28. The van der Waals surface area contributed by atoms with E-state index in [1.807, 2.05) is 31.7 Å². The van der Waals surface area contributed by atoms with Gasteiger partial charge in [-0.1, -0.05) is 32.9 Å². The van der Waals surface area contributed by atoms with Gasteiger partial charge in [0.1, 0.15) is 11.5 Å². The molecule has 5 nitrogen and oxygen atoms in total. The highest BCUT2D eigenvalue weighted by Crippen LogP contribution is 2.27. The van der Waals surface area contributed by atoms with E-state index >= 15 is 0 Å². The number of nitrogens with zero attached hydrogens (tertiary/aromatic N) is 4. The Balaban J connectivity index is 2.02. The third kappa shape index (κ3) is 4.12. The van der Waals surface area contributed by atoms with Crippen molar-refractivity contribution in [2.24, 2.45) is 5.92 Å². The number of carbonyl (C=O) groups is 1. The number of para-hydroxylation sites is 1. The van der Waals surface area contributed by atoms with Crippen LogP contribution in [0.5, 0.6) is 0 Å². The van der Waals surface area contributed by atoms with E-state index in [0.717, 1.165) is 49.4 Å². The molecule has 2 aromatic rings. The molecule has 1 aromatic carbocycles. The summed E-state index contributed by atoms with van der Waals surface area (Å²) >= 11 is 0. The predicted octanol–water partition coefficient (Wildman–Crippen LogP) is 3.78. The summed E-state index contributed by atoms with van der Waals surface area (Å²) in [5.41, 5.74) is 3.58. The fourth-order valence-electron chi connectivity index (χ4n) is 3.89. The lowest BCUT2D eigenvalue weighted by atomic mass is 10.0. The van der Waals surface area contributed by atoms with Crippen molar-refractivity contribution in [2.75, 3.05) is 19.6 Å². The molecule has 0 bridgehead atoms. The molecule has 1 aromatic heterocycles. The van der Waals surface area contributed by atoms with Gasteiger partial charge in [0.05, 0.1) is 17.9 Å². The molecule has 1 amide bonds. The molecule has 0 unspecified atom stereocenters. The predicted molar refractivity (Wildman–Crippen MR) is 109 cm³/mol. The summed E-state index contributed by atoms with van der Waals surface area (Å²) in [5.74, 6) is -0.208. The van der Waals surface area contributed by atoms with E-state index in [0.29, 0.717) is 18.8 Å². The fourth-order valence-corrected chi connectivity index (χ4v) is 3.89. The third-order valence-electron chi connectivity index (χ3n) is 5.37. The van der Waals surface area contributed by atoms with Gasteiger partial charge >= 0.3 is 0 Å². The Morgan fingerprint density at radius 1 is 1.29 bits per heavy atom. The number of hydrogen-bond donors (Lipinski definition) is 0. The minimum absolute atomic E-state index is 0.0546. The van der Waals surface area contributed by atoms with Gasteiger partial charge in [0.2, 0.25) is 5.91 Å². The molecule has 152 valence electrons. The summed E-state index contributed by atoms with van der Waals surface area (Å²) in [6.45, 7) is 11.9. The van der Waals surface area contributed by atoms with E-state index in [1.54, 1.807) is 16.8 Å². The fraction of sp³-hybridized carbons (Fsp3) is 0.545. The van der Waals surface area contributed by atoms with Gasteiger partial charge in [-0.15, -0.1) is 0 Å². The van der Waals surface area contributed by atoms with Crippen LogP contribution < -0.4 is 0 Å². The number of benzene rings is 1. The van der Waals surface area contributed by atoms with Crippen LogP contribution in [0.15, 0.2) is 24.3 Å². The van der Waals surface area contributed by atoms with Crippen LogP contribution in [-0.4, -0.2) is 45.1 Å². The van der Waals surface area contributed by atoms with Gasteiger partial charge in [-0.05, 0) is 32.0 Å². The minimum Gasteiger partial charge on any atom is -0.337 e. The summed E-state index contributed by atoms with van der Waals surface area (Å²) in [5, 5.41) is 4.80. The molecule has 0 radical (unpaired) electrons. The zero-order valence-corrected chi connectivity index (χ0v) is 17.4. The third-order valence-corrected chi connectivity index (χ3v) is 5.37. The Bertz CT molecular complexity index is 830. The summed E-state index contributed by atoms with van der Waals surface area (Å²) in [4.78, 5) is 16.8. The average molecular weight is 387 g/mol. The lowest BCUT2D eigenvalue weighted by molar-refractivity contribution is -0.134. The van der Waals surface area contributed by atoms with Crippen molar-refractivity contribution in [1.29, 1.82) is 0 Å². The molecular formula is C22H31FN4O. The second-order valence-electron chi connectivity index (χ2n) is 7.77. The van der Waals surface area contributed by atoms with E-state index < -0.39 is 0 Å². The highest BCUT2D eigenvalue weighted by atomic mass is 19.1. The summed E-state index contributed by atoms with van der Waals surface area (Å²) in [6, 6.07) is 6.76. The van der Waals surface area contributed by atoms with Crippen LogP contribution in [0.25, 0.3) is 5.69 Å². The van der Waals surface area contributed by atoms with E-state index in [-0.39, 0.29) is 17.6 Å². The molecule has 0 saturated heterocycles. The van der Waals surface area contributed by atoms with E-state index in [2.05, 4.69) is 11.8 Å². The van der Waals surface area contributed by atoms with Crippen molar-refractivity contribution in [1.82, 2.24) is 19.6 Å². The zero-order chi connectivity index (χ0) is 20.3. The van der Waals surface area contributed by atoms with Crippen molar-refractivity contribution in [3.05, 3.63) is 47.0 Å². The Hall–Kier alpha value is -2.21. The number of aromatic nitrogens is 2. The highest BCUT2D eigenvalue weighted by molar-refractivity contribution is 5.78. The largest absolute Gasteiger partial charge is 0.337 e. The van der Waals surface area contributed by atoms with Crippen LogP contribution in [0.1, 0.15) is 51.1 Å². The molecule has 0 saturated carbocycles. The molecule has 0 N–H and O–H groups in total. The summed E-state index contributed by atoms with van der Waals surface area (Å²) in [7, 11) is 0. The molecule has 2 heterocycles. The van der Waals surface area contributed by atoms with Gasteiger partial charge in [-0.2, -0.15) is 5.10 Å². The van der Waals surface area contributed by atoms with Crippen molar-refractivity contribution in [3.8, 4) is 5.69 Å². The molecule has 6 heteroatoms. The second-order valence-corrected chi connectivity index (χ2v) is 7.77. The Morgan fingerprint density at radius 3 is 2.68 bits per heavy atom. The Labute approximate surface area is 167 Å². The number of hydrogen-bond acceptors (Lipinski definition) is 3. The molecule has 28 heavy (non-hydrogen) atoms. The van der Waals surface area contributed by atoms with E-state index in [9.17, 15) is 9.18 Å².